The van der Waals surface area contributed by atoms with Crippen molar-refractivity contribution in [1.29, 1.82) is 0 Å². The maximum atomic E-state index is 6.68. The molecule has 0 amide bonds. The molecule has 13 rings (SSSR count). The fourth-order valence-corrected chi connectivity index (χ4v) is 12.1. The van der Waals surface area contributed by atoms with Crippen LogP contribution in [0, 0.1) is 0 Å². The van der Waals surface area contributed by atoms with Crippen molar-refractivity contribution in [3.05, 3.63) is 229 Å². The van der Waals surface area contributed by atoms with Crippen molar-refractivity contribution in [2.75, 3.05) is 14.7 Å². The molecule has 0 spiro atoms. The zero-order valence-electron chi connectivity index (χ0n) is 48.4. The van der Waals surface area contributed by atoms with Gasteiger partial charge in [-0.1, -0.05) is 186 Å². The van der Waals surface area contributed by atoms with Crippen molar-refractivity contribution in [2.45, 2.75) is 105 Å². The summed E-state index contributed by atoms with van der Waals surface area (Å²) in [5.41, 5.74) is 20.7. The lowest BCUT2D eigenvalue weighted by Crippen LogP contribution is -2.62. The third-order valence-electron chi connectivity index (χ3n) is 16.6. The van der Waals surface area contributed by atoms with E-state index in [-0.39, 0.29) is 28.4 Å². The van der Waals surface area contributed by atoms with Gasteiger partial charge in [0.15, 0.2) is 0 Å². The molecule has 0 aliphatic carbocycles. The lowest BCUT2D eigenvalue weighted by Gasteiger charge is -2.44. The molecule has 2 aromatic heterocycles. The van der Waals surface area contributed by atoms with Crippen LogP contribution in [0.3, 0.4) is 0 Å². The number of anilines is 9. The Hall–Kier alpha value is -8.55. The van der Waals surface area contributed by atoms with Crippen LogP contribution >= 0.6 is 0 Å². The van der Waals surface area contributed by atoms with E-state index >= 15 is 0 Å². The molecule has 0 N–H and O–H groups in total. The highest BCUT2D eigenvalue weighted by molar-refractivity contribution is 7.00. The Balaban J connectivity index is 1.16. The van der Waals surface area contributed by atoms with Crippen molar-refractivity contribution in [1.82, 2.24) is 9.55 Å². The molecule has 7 heteroatoms. The molecule has 0 unspecified atom stereocenters. The summed E-state index contributed by atoms with van der Waals surface area (Å²) >= 11 is 0. The van der Waals surface area contributed by atoms with E-state index in [2.05, 4.69) is 309 Å². The first-order valence-corrected chi connectivity index (χ1v) is 28.4. The summed E-state index contributed by atoms with van der Waals surface area (Å²) in [5.74, 6) is 1.90. The van der Waals surface area contributed by atoms with Gasteiger partial charge in [-0.2, -0.15) is 0 Å². The normalized spacial score (nSPS) is 13.4. The third-order valence-corrected chi connectivity index (χ3v) is 16.6. The first kappa shape index (κ1) is 50.9. The minimum absolute atomic E-state index is 0.0179. The van der Waals surface area contributed by atoms with E-state index in [1.165, 1.54) is 33.2 Å². The average Bonchev–Trinajstić information content (AvgIpc) is 3.81. The van der Waals surface area contributed by atoms with Crippen LogP contribution in [0.1, 0.15) is 105 Å². The summed E-state index contributed by atoms with van der Waals surface area (Å²) in [5, 5.41) is 2.19. The number of para-hydroxylation sites is 3. The van der Waals surface area contributed by atoms with E-state index in [1.807, 2.05) is 0 Å². The van der Waals surface area contributed by atoms with E-state index in [9.17, 15) is 0 Å². The summed E-state index contributed by atoms with van der Waals surface area (Å²) in [4.78, 5) is 13.5. The Bertz CT molecular complexity index is 4110. The SMILES string of the molecule is CC(C)(C)c1ccc(-c2nc3c(n2-c2ccccc2)N(c2ccc4oc5ccc(C(C)(C)C)cc5c4c2)c2cc(C(C)(C)C)cc4c2B3c2ccc(N(c3ccccc3)c3ccccc3)cc2N4c2ccc(C(C)(C)C)cc2)cc1. The van der Waals surface area contributed by atoms with Gasteiger partial charge in [-0.05, 0) is 158 Å². The van der Waals surface area contributed by atoms with Crippen molar-refractivity contribution in [3.63, 3.8) is 0 Å². The van der Waals surface area contributed by atoms with Crippen molar-refractivity contribution in [2.24, 2.45) is 0 Å². The molecular weight excluding hydrogens is 974 g/mol. The molecule has 2 aliphatic heterocycles. The minimum atomic E-state index is -0.262. The molecular formula is C73H70BN5O. The van der Waals surface area contributed by atoms with Gasteiger partial charge in [-0.25, -0.2) is 4.98 Å². The monoisotopic (exact) mass is 1040 g/mol. The molecule has 4 heterocycles. The number of furan rings is 1. The first-order chi connectivity index (χ1) is 38.2. The van der Waals surface area contributed by atoms with Crippen LogP contribution in [-0.2, 0) is 21.7 Å². The molecule has 80 heavy (non-hydrogen) atoms. The summed E-state index contributed by atoms with van der Waals surface area (Å²) in [6.07, 6.45) is 0. The van der Waals surface area contributed by atoms with Gasteiger partial charge in [0.05, 0.1) is 5.59 Å². The standard InChI is InChI=1S/C73H70BN5O/c1-70(2,3)48-30-28-47(29-31-48)68-75-67-69(79(68)54-26-20-15-21-27-54)78(56-38-41-65-59(45-56)58-42-50(72(7,8)9)34-40-64(58)80-65)63-44-51(73(10,11)12)43-62-66(63)74(67)60-39-37-57(76(52-22-16-13-17-23-52)53-24-18-14-19-25-53)46-61(60)77(62)55-35-32-49(33-36-55)71(4,5)6/h13-46H,1-12H3. The van der Waals surface area contributed by atoms with E-state index in [0.717, 1.165) is 95.9 Å². The van der Waals surface area contributed by atoms with Crippen LogP contribution < -0.4 is 31.2 Å². The highest BCUT2D eigenvalue weighted by Gasteiger charge is 2.48. The predicted molar refractivity (Wildman–Crippen MR) is 340 cm³/mol. The summed E-state index contributed by atoms with van der Waals surface area (Å²) in [6, 6.07) is 76.4. The van der Waals surface area contributed by atoms with Crippen molar-refractivity contribution >= 4 is 96.5 Å². The Labute approximate surface area is 473 Å². The van der Waals surface area contributed by atoms with Gasteiger partial charge in [0.2, 0.25) is 0 Å². The number of aromatic nitrogens is 2. The second-order valence-electron chi connectivity index (χ2n) is 26.2. The maximum Gasteiger partial charge on any atom is 0.277 e. The fourth-order valence-electron chi connectivity index (χ4n) is 12.1. The quantitative estimate of drug-likeness (QED) is 0.149. The van der Waals surface area contributed by atoms with Gasteiger partial charge in [-0.3, -0.25) is 9.47 Å². The molecule has 6 nitrogen and oxygen atoms in total. The molecule has 0 saturated carbocycles. The van der Waals surface area contributed by atoms with Crippen LogP contribution in [-0.4, -0.2) is 16.3 Å². The van der Waals surface area contributed by atoms with Gasteiger partial charge >= 0.3 is 0 Å². The average molecular weight is 1040 g/mol. The first-order valence-electron chi connectivity index (χ1n) is 28.4. The van der Waals surface area contributed by atoms with Crippen LogP contribution in [0.15, 0.2) is 211 Å². The number of nitrogens with zero attached hydrogens (tertiary/aromatic N) is 5. The zero-order chi connectivity index (χ0) is 55.6. The molecule has 9 aromatic carbocycles. The number of hydrogen-bond acceptors (Lipinski definition) is 5. The molecule has 11 aromatic rings. The summed E-state index contributed by atoms with van der Waals surface area (Å²) < 4.78 is 9.12. The number of imidazole rings is 1. The fraction of sp³-hybridized carbons (Fsp3) is 0.219. The second kappa shape index (κ2) is 18.5. The van der Waals surface area contributed by atoms with Crippen LogP contribution in [0.5, 0.6) is 0 Å². The molecule has 2 aliphatic rings. The molecule has 0 atom stereocenters. The van der Waals surface area contributed by atoms with Gasteiger partial charge in [-0.15, -0.1) is 0 Å². The van der Waals surface area contributed by atoms with Crippen LogP contribution in [0.4, 0.5) is 51.3 Å². The van der Waals surface area contributed by atoms with Crippen LogP contribution in [0.25, 0.3) is 39.0 Å². The van der Waals surface area contributed by atoms with Gasteiger partial charge in [0, 0.05) is 67.5 Å². The lowest BCUT2D eigenvalue weighted by molar-refractivity contribution is 0.590. The maximum absolute atomic E-state index is 6.68. The number of fused-ring (bicyclic) bond motifs is 7. The summed E-state index contributed by atoms with van der Waals surface area (Å²) in [6.45, 7) is 27.3. The Morgan fingerprint density at radius 3 is 1.48 bits per heavy atom. The largest absolute Gasteiger partial charge is 0.456 e. The number of benzene rings is 9. The zero-order valence-corrected chi connectivity index (χ0v) is 48.4. The van der Waals surface area contributed by atoms with Gasteiger partial charge in [0.1, 0.15) is 22.8 Å². The van der Waals surface area contributed by atoms with E-state index in [4.69, 9.17) is 9.40 Å². The molecule has 0 fully saturated rings. The van der Waals surface area contributed by atoms with Crippen LogP contribution in [0.2, 0.25) is 0 Å². The van der Waals surface area contributed by atoms with Crippen molar-refractivity contribution in [3.8, 4) is 17.1 Å². The lowest BCUT2D eigenvalue weighted by atomic mass is 9.35. The molecule has 0 saturated heterocycles. The number of rotatable bonds is 7. The Morgan fingerprint density at radius 2 is 0.900 bits per heavy atom. The number of hydrogen-bond donors (Lipinski definition) is 0. The molecule has 0 bridgehead atoms. The minimum Gasteiger partial charge on any atom is -0.456 e. The van der Waals surface area contributed by atoms with Gasteiger partial charge < -0.3 is 14.2 Å². The van der Waals surface area contributed by atoms with E-state index < -0.39 is 0 Å². The summed E-state index contributed by atoms with van der Waals surface area (Å²) in [7, 11) is 0. The van der Waals surface area contributed by atoms with Crippen molar-refractivity contribution < 1.29 is 4.42 Å². The van der Waals surface area contributed by atoms with Gasteiger partial charge in [0.25, 0.3) is 6.71 Å². The topological polar surface area (TPSA) is 40.7 Å². The smallest absolute Gasteiger partial charge is 0.277 e. The second-order valence-corrected chi connectivity index (χ2v) is 26.2. The third kappa shape index (κ3) is 8.61. The Kier molecular flexibility index (Phi) is 11.8. The predicted octanol–water partition coefficient (Wildman–Crippen LogP) is 18.2. The highest BCUT2D eigenvalue weighted by atomic mass is 16.3. The molecule has 396 valence electrons. The van der Waals surface area contributed by atoms with E-state index in [1.54, 1.807) is 0 Å². The Morgan fingerprint density at radius 1 is 0.400 bits per heavy atom. The molecule has 0 radical (unpaired) electrons. The highest BCUT2D eigenvalue weighted by Crippen LogP contribution is 2.50. The van der Waals surface area contributed by atoms with E-state index in [0.29, 0.717) is 0 Å².